The number of nitrogens with zero attached hydrogens (tertiary/aromatic N) is 4. The molecule has 8 heteroatoms. The summed E-state index contributed by atoms with van der Waals surface area (Å²) in [7, 11) is 1.63. The Bertz CT molecular complexity index is 1040. The van der Waals surface area contributed by atoms with E-state index in [1.807, 2.05) is 58.9 Å². The average molecular weight is 439 g/mol. The lowest BCUT2D eigenvalue weighted by atomic mass is 10.0. The molecule has 0 bridgehead atoms. The van der Waals surface area contributed by atoms with Crippen molar-refractivity contribution in [3.05, 3.63) is 59.9 Å². The van der Waals surface area contributed by atoms with Gasteiger partial charge in [0.05, 0.1) is 12.9 Å². The van der Waals surface area contributed by atoms with Crippen molar-refractivity contribution < 1.29 is 14.3 Å². The number of hydrogen-bond acceptors (Lipinski definition) is 6. The van der Waals surface area contributed by atoms with Gasteiger partial charge in [0.25, 0.3) is 0 Å². The van der Waals surface area contributed by atoms with E-state index in [9.17, 15) is 4.79 Å². The number of carbonyl (C=O) groups excluding carboxylic acids is 1. The predicted octanol–water partition coefficient (Wildman–Crippen LogP) is 3.96. The number of fused-ring (bicyclic) bond motifs is 1. The molecule has 0 spiro atoms. The SMILES string of the molecule is CCn1c(COc2ccc(OC)cc2)nnc1SCC(=O)N1CCCc2ccccc21. The van der Waals surface area contributed by atoms with Gasteiger partial charge in [-0.2, -0.15) is 0 Å². The van der Waals surface area contributed by atoms with Crippen LogP contribution in [0, 0.1) is 0 Å². The van der Waals surface area contributed by atoms with E-state index >= 15 is 0 Å². The van der Waals surface area contributed by atoms with E-state index in [0.29, 0.717) is 18.9 Å². The molecule has 1 aromatic heterocycles. The van der Waals surface area contributed by atoms with Gasteiger partial charge in [-0.25, -0.2) is 0 Å². The van der Waals surface area contributed by atoms with Crippen LogP contribution in [0.5, 0.6) is 11.5 Å². The van der Waals surface area contributed by atoms with Gasteiger partial charge >= 0.3 is 0 Å². The second kappa shape index (κ2) is 9.87. The lowest BCUT2D eigenvalue weighted by Gasteiger charge is -2.29. The van der Waals surface area contributed by atoms with Crippen molar-refractivity contribution in [1.82, 2.24) is 14.8 Å². The molecule has 2 heterocycles. The zero-order valence-corrected chi connectivity index (χ0v) is 18.6. The number of carbonyl (C=O) groups is 1. The lowest BCUT2D eigenvalue weighted by molar-refractivity contribution is -0.116. The molecule has 0 fully saturated rings. The molecule has 0 N–H and O–H groups in total. The van der Waals surface area contributed by atoms with Crippen molar-refractivity contribution in [1.29, 1.82) is 0 Å². The number of rotatable bonds is 8. The highest BCUT2D eigenvalue weighted by molar-refractivity contribution is 7.99. The van der Waals surface area contributed by atoms with E-state index in [2.05, 4.69) is 16.3 Å². The molecule has 0 aliphatic carbocycles. The van der Waals surface area contributed by atoms with Crippen molar-refractivity contribution in [3.8, 4) is 11.5 Å². The molecular weight excluding hydrogens is 412 g/mol. The fourth-order valence-corrected chi connectivity index (χ4v) is 4.56. The summed E-state index contributed by atoms with van der Waals surface area (Å²) in [5, 5.41) is 9.30. The Morgan fingerprint density at radius 1 is 1.10 bits per heavy atom. The molecular formula is C23H26N4O3S. The monoisotopic (exact) mass is 438 g/mol. The maximum absolute atomic E-state index is 12.9. The minimum absolute atomic E-state index is 0.0961. The Morgan fingerprint density at radius 3 is 2.65 bits per heavy atom. The summed E-state index contributed by atoms with van der Waals surface area (Å²) in [6.07, 6.45) is 2.01. The fourth-order valence-electron chi connectivity index (χ4n) is 3.67. The Balaban J connectivity index is 1.38. The second-order valence-electron chi connectivity index (χ2n) is 7.17. The highest BCUT2D eigenvalue weighted by atomic mass is 32.2. The van der Waals surface area contributed by atoms with E-state index < -0.39 is 0 Å². The maximum atomic E-state index is 12.9. The van der Waals surface area contributed by atoms with Gasteiger partial charge in [0.1, 0.15) is 18.1 Å². The zero-order chi connectivity index (χ0) is 21.6. The Morgan fingerprint density at radius 2 is 1.87 bits per heavy atom. The van der Waals surface area contributed by atoms with Crippen LogP contribution in [-0.2, 0) is 24.4 Å². The first-order valence-corrected chi connectivity index (χ1v) is 11.4. The number of aromatic nitrogens is 3. The normalized spacial score (nSPS) is 13.0. The summed E-state index contributed by atoms with van der Waals surface area (Å²) in [5.74, 6) is 2.67. The Kier molecular flexibility index (Phi) is 6.76. The molecule has 7 nitrogen and oxygen atoms in total. The molecule has 1 amide bonds. The van der Waals surface area contributed by atoms with Crippen LogP contribution in [0.15, 0.2) is 53.7 Å². The van der Waals surface area contributed by atoms with Crippen LogP contribution >= 0.6 is 11.8 Å². The number of aryl methyl sites for hydroxylation is 1. The van der Waals surface area contributed by atoms with E-state index in [0.717, 1.165) is 47.6 Å². The molecule has 31 heavy (non-hydrogen) atoms. The minimum Gasteiger partial charge on any atom is -0.497 e. The standard InChI is InChI=1S/C23H26N4O3S/c1-3-26-21(15-30-19-12-10-18(29-2)11-13-19)24-25-23(26)31-16-22(28)27-14-6-8-17-7-4-5-9-20(17)27/h4-5,7,9-13H,3,6,8,14-16H2,1-2H3. The average Bonchev–Trinajstić information content (AvgIpc) is 3.22. The summed E-state index contributed by atoms with van der Waals surface area (Å²) in [4.78, 5) is 14.8. The van der Waals surface area contributed by atoms with E-state index in [1.165, 1.54) is 17.3 Å². The highest BCUT2D eigenvalue weighted by Gasteiger charge is 2.23. The molecule has 0 radical (unpaired) electrons. The first kappa shape index (κ1) is 21.2. The van der Waals surface area contributed by atoms with Crippen LogP contribution in [0.1, 0.15) is 24.7 Å². The largest absolute Gasteiger partial charge is 0.497 e. The molecule has 0 atom stereocenters. The molecule has 162 valence electrons. The van der Waals surface area contributed by atoms with Gasteiger partial charge in [0.2, 0.25) is 5.91 Å². The van der Waals surface area contributed by atoms with Gasteiger partial charge < -0.3 is 18.9 Å². The van der Waals surface area contributed by atoms with Crippen molar-refractivity contribution in [2.75, 3.05) is 24.3 Å². The Hall–Kier alpha value is -3.00. The third-order valence-electron chi connectivity index (χ3n) is 5.27. The first-order chi connectivity index (χ1) is 15.2. The smallest absolute Gasteiger partial charge is 0.237 e. The predicted molar refractivity (Wildman–Crippen MR) is 121 cm³/mol. The number of para-hydroxylation sites is 1. The van der Waals surface area contributed by atoms with E-state index in [1.54, 1.807) is 7.11 Å². The minimum atomic E-state index is 0.0961. The Labute approximate surface area is 186 Å². The molecule has 1 aliphatic heterocycles. The number of hydrogen-bond donors (Lipinski definition) is 0. The van der Waals surface area contributed by atoms with Crippen LogP contribution in [-0.4, -0.2) is 40.1 Å². The van der Waals surface area contributed by atoms with E-state index in [-0.39, 0.29) is 5.91 Å². The van der Waals surface area contributed by atoms with Crippen molar-refractivity contribution in [2.45, 2.75) is 38.1 Å². The summed E-state index contributed by atoms with van der Waals surface area (Å²) < 4.78 is 13.0. The number of anilines is 1. The van der Waals surface area contributed by atoms with Gasteiger partial charge in [-0.05, 0) is 55.7 Å². The number of amides is 1. The number of thioether (sulfide) groups is 1. The van der Waals surface area contributed by atoms with Crippen molar-refractivity contribution in [2.24, 2.45) is 0 Å². The van der Waals surface area contributed by atoms with Crippen LogP contribution in [0.4, 0.5) is 5.69 Å². The second-order valence-corrected chi connectivity index (χ2v) is 8.12. The molecule has 1 aliphatic rings. The van der Waals surface area contributed by atoms with Crippen LogP contribution in [0.2, 0.25) is 0 Å². The van der Waals surface area contributed by atoms with Gasteiger partial charge in [0.15, 0.2) is 11.0 Å². The van der Waals surface area contributed by atoms with Gasteiger partial charge in [-0.3, -0.25) is 4.79 Å². The topological polar surface area (TPSA) is 69.5 Å². The van der Waals surface area contributed by atoms with Crippen LogP contribution in [0.3, 0.4) is 0 Å². The molecule has 3 aromatic rings. The quantitative estimate of drug-likeness (QED) is 0.496. The lowest BCUT2D eigenvalue weighted by Crippen LogP contribution is -2.36. The molecule has 0 unspecified atom stereocenters. The zero-order valence-electron chi connectivity index (χ0n) is 17.8. The van der Waals surface area contributed by atoms with Gasteiger partial charge in [0, 0.05) is 18.8 Å². The highest BCUT2D eigenvalue weighted by Crippen LogP contribution is 2.28. The van der Waals surface area contributed by atoms with Crippen LogP contribution in [0.25, 0.3) is 0 Å². The summed E-state index contributed by atoms with van der Waals surface area (Å²) >= 11 is 1.42. The number of ether oxygens (including phenoxy) is 2. The van der Waals surface area contributed by atoms with Crippen molar-refractivity contribution >= 4 is 23.4 Å². The molecule has 0 saturated carbocycles. The molecule has 4 rings (SSSR count). The van der Waals surface area contributed by atoms with Crippen molar-refractivity contribution in [3.63, 3.8) is 0 Å². The first-order valence-electron chi connectivity index (χ1n) is 10.4. The van der Waals surface area contributed by atoms with E-state index in [4.69, 9.17) is 9.47 Å². The number of benzene rings is 2. The summed E-state index contributed by atoms with van der Waals surface area (Å²) in [6, 6.07) is 15.6. The maximum Gasteiger partial charge on any atom is 0.237 e. The number of methoxy groups -OCH3 is 1. The van der Waals surface area contributed by atoms with Gasteiger partial charge in [-0.1, -0.05) is 30.0 Å². The molecule has 0 saturated heterocycles. The fraction of sp³-hybridized carbons (Fsp3) is 0.348. The van der Waals surface area contributed by atoms with Gasteiger partial charge in [-0.15, -0.1) is 10.2 Å². The van der Waals surface area contributed by atoms with Crippen LogP contribution < -0.4 is 14.4 Å². The third-order valence-corrected chi connectivity index (χ3v) is 6.22. The third kappa shape index (κ3) is 4.85. The summed E-state index contributed by atoms with van der Waals surface area (Å²) in [6.45, 7) is 3.81. The molecule has 2 aromatic carbocycles. The summed E-state index contributed by atoms with van der Waals surface area (Å²) in [5.41, 5.74) is 2.27.